The number of hydrogen-bond acceptors (Lipinski definition) is 6. The second-order valence-corrected chi connectivity index (χ2v) is 8.52. The van der Waals surface area contributed by atoms with Crippen LogP contribution in [0.4, 0.5) is 0 Å². The molecular weight excluding hydrogens is 442 g/mol. The van der Waals surface area contributed by atoms with Crippen LogP contribution in [-0.4, -0.2) is 67.5 Å². The fourth-order valence-corrected chi connectivity index (χ4v) is 4.58. The number of rotatable bonds is 9. The Morgan fingerprint density at radius 2 is 1.77 bits per heavy atom. The number of Topliss-reactive ketones (excluding diaryl/α,β-unsaturated/α-hetero) is 1. The van der Waals surface area contributed by atoms with Gasteiger partial charge in [0.2, 0.25) is 0 Å². The molecule has 1 aliphatic heterocycles. The summed E-state index contributed by atoms with van der Waals surface area (Å²) in [6.45, 7) is 9.07. The summed E-state index contributed by atoms with van der Waals surface area (Å²) in [6.07, 6.45) is 3.87. The number of nitrogens with zero attached hydrogens (tertiary/aromatic N) is 5. The van der Waals surface area contributed by atoms with Gasteiger partial charge in [-0.2, -0.15) is 5.10 Å². The SMILES string of the molecule is CCN(CC)CCCN1C(=O)C(=O)/C(=C(/O)c2cnn(-c3ccccc3)c2C)C1c1ccccn1. The zero-order chi connectivity index (χ0) is 24.9. The number of hydrogen-bond donors (Lipinski definition) is 1. The van der Waals surface area contributed by atoms with Crippen molar-refractivity contribution in [3.8, 4) is 5.69 Å². The molecule has 182 valence electrons. The molecule has 1 saturated heterocycles. The van der Waals surface area contributed by atoms with Crippen molar-refractivity contribution >= 4 is 17.4 Å². The Labute approximate surface area is 205 Å². The second-order valence-electron chi connectivity index (χ2n) is 8.52. The highest BCUT2D eigenvalue weighted by Crippen LogP contribution is 2.39. The quantitative estimate of drug-likeness (QED) is 0.289. The highest BCUT2D eigenvalue weighted by atomic mass is 16.3. The number of likely N-dealkylation sites (tertiary alicyclic amines) is 1. The number of ketones is 1. The Hall–Kier alpha value is -3.78. The van der Waals surface area contributed by atoms with Gasteiger partial charge >= 0.3 is 0 Å². The number of aromatic nitrogens is 3. The molecule has 0 aliphatic carbocycles. The van der Waals surface area contributed by atoms with E-state index in [0.717, 1.165) is 25.3 Å². The summed E-state index contributed by atoms with van der Waals surface area (Å²) in [5.74, 6) is -1.55. The second kappa shape index (κ2) is 10.7. The first kappa shape index (κ1) is 24.3. The van der Waals surface area contributed by atoms with E-state index in [1.165, 1.54) is 11.1 Å². The normalized spacial score (nSPS) is 17.5. The van der Waals surface area contributed by atoms with E-state index in [1.54, 1.807) is 23.0 Å². The predicted octanol–water partition coefficient (Wildman–Crippen LogP) is 3.73. The first-order valence-corrected chi connectivity index (χ1v) is 12.0. The number of carbonyl (C=O) groups is 2. The lowest BCUT2D eigenvalue weighted by Gasteiger charge is -2.26. The Morgan fingerprint density at radius 3 is 2.43 bits per heavy atom. The molecule has 1 fully saturated rings. The Balaban J connectivity index is 1.74. The Morgan fingerprint density at radius 1 is 1.06 bits per heavy atom. The first-order valence-electron chi connectivity index (χ1n) is 12.0. The van der Waals surface area contributed by atoms with Gasteiger partial charge in [0.15, 0.2) is 0 Å². The number of pyridine rings is 1. The molecule has 8 heteroatoms. The molecular formula is C27H31N5O3. The van der Waals surface area contributed by atoms with Gasteiger partial charge in [-0.15, -0.1) is 0 Å². The van der Waals surface area contributed by atoms with E-state index in [2.05, 4.69) is 28.8 Å². The maximum Gasteiger partial charge on any atom is 0.295 e. The minimum absolute atomic E-state index is 0.0484. The molecule has 3 heterocycles. The van der Waals surface area contributed by atoms with Crippen LogP contribution in [-0.2, 0) is 9.59 Å². The van der Waals surface area contributed by atoms with E-state index in [-0.39, 0.29) is 11.3 Å². The van der Waals surface area contributed by atoms with Gasteiger partial charge < -0.3 is 14.9 Å². The van der Waals surface area contributed by atoms with E-state index in [4.69, 9.17) is 0 Å². The van der Waals surface area contributed by atoms with E-state index >= 15 is 0 Å². The number of aliphatic hydroxyl groups excluding tert-OH is 1. The summed E-state index contributed by atoms with van der Waals surface area (Å²) < 4.78 is 1.70. The molecule has 1 aliphatic rings. The van der Waals surface area contributed by atoms with Crippen LogP contribution in [0.25, 0.3) is 11.4 Å². The highest BCUT2D eigenvalue weighted by molar-refractivity contribution is 6.46. The highest BCUT2D eigenvalue weighted by Gasteiger charge is 2.46. The van der Waals surface area contributed by atoms with Gasteiger partial charge in [0, 0.05) is 12.7 Å². The molecule has 1 unspecified atom stereocenters. The average molecular weight is 474 g/mol. The minimum Gasteiger partial charge on any atom is -0.507 e. The molecule has 1 aromatic carbocycles. The first-order chi connectivity index (χ1) is 17.0. The van der Waals surface area contributed by atoms with E-state index in [1.807, 2.05) is 43.3 Å². The van der Waals surface area contributed by atoms with E-state index < -0.39 is 17.7 Å². The van der Waals surface area contributed by atoms with Gasteiger partial charge in [0.25, 0.3) is 11.7 Å². The molecule has 1 amide bonds. The number of benzene rings is 1. The molecule has 1 atom stereocenters. The fourth-order valence-electron chi connectivity index (χ4n) is 4.58. The molecule has 1 N–H and O–H groups in total. The third-order valence-electron chi connectivity index (χ3n) is 6.54. The molecule has 0 spiro atoms. The van der Waals surface area contributed by atoms with Gasteiger partial charge in [0.05, 0.1) is 34.4 Å². The van der Waals surface area contributed by atoms with Gasteiger partial charge in [-0.05, 0) is 57.2 Å². The monoisotopic (exact) mass is 473 g/mol. The molecule has 4 rings (SSSR count). The van der Waals surface area contributed by atoms with Crippen molar-refractivity contribution in [1.29, 1.82) is 0 Å². The molecule has 0 bridgehead atoms. The largest absolute Gasteiger partial charge is 0.507 e. The van der Waals surface area contributed by atoms with Crippen LogP contribution < -0.4 is 0 Å². The van der Waals surface area contributed by atoms with Crippen LogP contribution in [0.1, 0.15) is 43.3 Å². The molecule has 0 radical (unpaired) electrons. The molecule has 0 saturated carbocycles. The number of amides is 1. The van der Waals surface area contributed by atoms with Crippen molar-refractivity contribution in [1.82, 2.24) is 24.6 Å². The lowest BCUT2D eigenvalue weighted by molar-refractivity contribution is -0.140. The summed E-state index contributed by atoms with van der Waals surface area (Å²) >= 11 is 0. The van der Waals surface area contributed by atoms with Gasteiger partial charge in [-0.3, -0.25) is 14.6 Å². The summed E-state index contributed by atoms with van der Waals surface area (Å²) in [7, 11) is 0. The Kier molecular flexibility index (Phi) is 7.41. The van der Waals surface area contributed by atoms with Crippen LogP contribution in [0.5, 0.6) is 0 Å². The number of carbonyl (C=O) groups excluding carboxylic acids is 2. The van der Waals surface area contributed by atoms with E-state index in [0.29, 0.717) is 29.9 Å². The number of aliphatic hydroxyl groups is 1. The summed E-state index contributed by atoms with van der Waals surface area (Å²) in [4.78, 5) is 34.6. The number of para-hydroxylation sites is 1. The lowest BCUT2D eigenvalue weighted by Crippen LogP contribution is -2.33. The standard InChI is InChI=1S/C27H31N5O3/c1-4-30(5-2)16-11-17-31-24(22-14-9-10-15-28-22)23(26(34)27(31)35)25(33)21-18-29-32(19(21)3)20-12-7-6-8-13-20/h6-10,12-15,18,24,33H,4-5,11,16-17H2,1-3H3/b25-23+. The summed E-state index contributed by atoms with van der Waals surface area (Å²) in [6, 6.07) is 14.2. The van der Waals surface area contributed by atoms with Crippen LogP contribution in [0, 0.1) is 6.92 Å². The lowest BCUT2D eigenvalue weighted by atomic mass is 9.98. The minimum atomic E-state index is -0.757. The van der Waals surface area contributed by atoms with Crippen LogP contribution in [0.3, 0.4) is 0 Å². The molecule has 2 aromatic heterocycles. The van der Waals surface area contributed by atoms with Crippen molar-refractivity contribution < 1.29 is 14.7 Å². The van der Waals surface area contributed by atoms with Crippen LogP contribution >= 0.6 is 0 Å². The van der Waals surface area contributed by atoms with Gasteiger partial charge in [-0.1, -0.05) is 38.1 Å². The maximum atomic E-state index is 13.2. The van der Waals surface area contributed by atoms with Crippen LogP contribution in [0.2, 0.25) is 0 Å². The average Bonchev–Trinajstić information content (AvgIpc) is 3.40. The summed E-state index contributed by atoms with van der Waals surface area (Å²) in [5.41, 5.74) is 2.51. The van der Waals surface area contributed by atoms with Crippen molar-refractivity contribution in [3.05, 3.63) is 83.4 Å². The third-order valence-corrected chi connectivity index (χ3v) is 6.54. The van der Waals surface area contributed by atoms with Crippen molar-refractivity contribution in [3.63, 3.8) is 0 Å². The van der Waals surface area contributed by atoms with Gasteiger partial charge in [-0.25, -0.2) is 4.68 Å². The van der Waals surface area contributed by atoms with Crippen molar-refractivity contribution in [2.45, 2.75) is 33.2 Å². The zero-order valence-electron chi connectivity index (χ0n) is 20.4. The summed E-state index contributed by atoms with van der Waals surface area (Å²) in [5, 5.41) is 15.8. The topological polar surface area (TPSA) is 91.6 Å². The molecule has 35 heavy (non-hydrogen) atoms. The molecule has 8 nitrogen and oxygen atoms in total. The predicted molar refractivity (Wildman–Crippen MR) is 134 cm³/mol. The van der Waals surface area contributed by atoms with E-state index in [9.17, 15) is 14.7 Å². The maximum absolute atomic E-state index is 13.2. The Bertz CT molecular complexity index is 1220. The fraction of sp³-hybridized carbons (Fsp3) is 0.333. The van der Waals surface area contributed by atoms with Crippen molar-refractivity contribution in [2.24, 2.45) is 0 Å². The van der Waals surface area contributed by atoms with Crippen LogP contribution in [0.15, 0.2) is 66.5 Å². The smallest absolute Gasteiger partial charge is 0.295 e. The molecule has 3 aromatic rings. The zero-order valence-corrected chi connectivity index (χ0v) is 20.4. The van der Waals surface area contributed by atoms with Crippen molar-refractivity contribution in [2.75, 3.05) is 26.2 Å². The third kappa shape index (κ3) is 4.74. The van der Waals surface area contributed by atoms with Gasteiger partial charge in [0.1, 0.15) is 11.8 Å².